The van der Waals surface area contributed by atoms with Gasteiger partial charge in [-0.15, -0.1) is 0 Å². The fraction of sp³-hybridized carbons (Fsp3) is 0.300. The molecule has 8 heteroatoms. The summed E-state index contributed by atoms with van der Waals surface area (Å²) in [5, 5.41) is 11.5. The van der Waals surface area contributed by atoms with E-state index in [9.17, 15) is 18.0 Å². The van der Waals surface area contributed by atoms with Gasteiger partial charge in [-0.3, -0.25) is 14.8 Å². The van der Waals surface area contributed by atoms with E-state index in [1.165, 1.54) is 31.2 Å². The maximum atomic E-state index is 12.7. The normalized spacial score (nSPS) is 12.2. The van der Waals surface area contributed by atoms with Crippen molar-refractivity contribution >= 4 is 27.3 Å². The molecule has 0 heterocycles. The Kier molecular flexibility index (Phi) is 7.71. The number of aryl methyl sites for hydroxylation is 1. The molecule has 0 aliphatic rings. The maximum Gasteiger partial charge on any atom is 0.247 e. The molecule has 2 aromatic rings. The molecular weight excluding hydrogens is 380 g/mol. The molecule has 2 aromatic carbocycles. The summed E-state index contributed by atoms with van der Waals surface area (Å²) < 4.78 is 25.4. The van der Waals surface area contributed by atoms with Crippen molar-refractivity contribution in [3.05, 3.63) is 60.2 Å². The summed E-state index contributed by atoms with van der Waals surface area (Å²) in [4.78, 5) is 23.1. The molecule has 2 rings (SSSR count). The van der Waals surface area contributed by atoms with Crippen LogP contribution >= 0.6 is 0 Å². The van der Waals surface area contributed by atoms with Gasteiger partial charge in [0.15, 0.2) is 9.84 Å². The maximum absolute atomic E-state index is 12.7. The molecule has 150 valence electrons. The molecule has 0 saturated heterocycles. The van der Waals surface area contributed by atoms with Gasteiger partial charge in [-0.05, 0) is 49.1 Å². The number of amides is 2. The van der Waals surface area contributed by atoms with Gasteiger partial charge >= 0.3 is 0 Å². The number of anilines is 1. The Bertz CT molecular complexity index is 896. The highest BCUT2D eigenvalue weighted by molar-refractivity contribution is 7.91. The summed E-state index contributed by atoms with van der Waals surface area (Å²) in [6.07, 6.45) is 1.64. The van der Waals surface area contributed by atoms with Crippen molar-refractivity contribution in [2.24, 2.45) is 5.92 Å². The van der Waals surface area contributed by atoms with Crippen LogP contribution in [0.4, 0.5) is 5.69 Å². The lowest BCUT2D eigenvalue weighted by molar-refractivity contribution is -0.132. The number of rotatable bonds is 9. The second kappa shape index (κ2) is 10.0. The van der Waals surface area contributed by atoms with Crippen molar-refractivity contribution in [2.75, 3.05) is 11.1 Å². The van der Waals surface area contributed by atoms with Crippen LogP contribution in [0.1, 0.15) is 25.3 Å². The second-order valence-corrected chi connectivity index (χ2v) is 8.57. The predicted molar refractivity (Wildman–Crippen MR) is 106 cm³/mol. The minimum atomic E-state index is -3.74. The minimum absolute atomic E-state index is 0.0559. The fourth-order valence-electron chi connectivity index (χ4n) is 2.89. The predicted octanol–water partition coefficient (Wildman–Crippen LogP) is 2.56. The van der Waals surface area contributed by atoms with Crippen molar-refractivity contribution in [1.29, 1.82) is 0 Å². The standard InChI is InChI=1S/C20H24N2O5S/c1-15(23)21-18-10-12-19(13-11-18)28(26,27)14-17(20(24)22-25)9-5-8-16-6-3-2-4-7-16/h2-4,6-7,10-13,17,25H,5,8-9,14H2,1H3,(H,21,23)(H,22,24). The molecule has 0 aromatic heterocycles. The van der Waals surface area contributed by atoms with Gasteiger partial charge < -0.3 is 5.32 Å². The Morgan fingerprint density at radius 1 is 1.04 bits per heavy atom. The van der Waals surface area contributed by atoms with Crippen LogP contribution in [-0.4, -0.2) is 31.2 Å². The topological polar surface area (TPSA) is 113 Å². The first kappa shape index (κ1) is 21.6. The zero-order chi connectivity index (χ0) is 20.6. The average Bonchev–Trinajstić information content (AvgIpc) is 2.67. The third-order valence-corrected chi connectivity index (χ3v) is 6.13. The Balaban J connectivity index is 2.05. The average molecular weight is 404 g/mol. The molecule has 2 amide bonds. The summed E-state index contributed by atoms with van der Waals surface area (Å²) in [5.74, 6) is -2.25. The molecule has 1 unspecified atom stereocenters. The molecule has 0 aliphatic heterocycles. The van der Waals surface area contributed by atoms with Crippen molar-refractivity contribution in [3.63, 3.8) is 0 Å². The van der Waals surface area contributed by atoms with Gasteiger partial charge in [0.25, 0.3) is 0 Å². The Labute approximate surface area is 164 Å². The lowest BCUT2D eigenvalue weighted by atomic mass is 10.0. The van der Waals surface area contributed by atoms with E-state index in [1.807, 2.05) is 30.3 Å². The zero-order valence-corrected chi connectivity index (χ0v) is 16.4. The summed E-state index contributed by atoms with van der Waals surface area (Å²) in [6.45, 7) is 1.36. The third-order valence-electron chi connectivity index (χ3n) is 4.30. The van der Waals surface area contributed by atoms with E-state index in [2.05, 4.69) is 5.32 Å². The molecule has 0 bridgehead atoms. The number of hydrogen-bond donors (Lipinski definition) is 3. The van der Waals surface area contributed by atoms with Gasteiger partial charge in [0.1, 0.15) is 0 Å². The smallest absolute Gasteiger partial charge is 0.247 e. The van der Waals surface area contributed by atoms with Gasteiger partial charge in [-0.1, -0.05) is 30.3 Å². The minimum Gasteiger partial charge on any atom is -0.326 e. The molecular formula is C20H24N2O5S. The first-order valence-electron chi connectivity index (χ1n) is 8.90. The molecule has 1 atom stereocenters. The van der Waals surface area contributed by atoms with Crippen LogP contribution in [0, 0.1) is 5.92 Å². The van der Waals surface area contributed by atoms with E-state index in [1.54, 1.807) is 5.48 Å². The van der Waals surface area contributed by atoms with E-state index in [0.717, 1.165) is 5.56 Å². The summed E-state index contributed by atoms with van der Waals surface area (Å²) in [7, 11) is -3.74. The lowest BCUT2D eigenvalue weighted by Gasteiger charge is -2.15. The first-order valence-corrected chi connectivity index (χ1v) is 10.6. The van der Waals surface area contributed by atoms with Crippen LogP contribution in [0.3, 0.4) is 0 Å². The Morgan fingerprint density at radius 3 is 2.25 bits per heavy atom. The molecule has 0 aliphatic carbocycles. The molecule has 0 radical (unpaired) electrons. The zero-order valence-electron chi connectivity index (χ0n) is 15.6. The van der Waals surface area contributed by atoms with Crippen LogP contribution in [-0.2, 0) is 25.8 Å². The van der Waals surface area contributed by atoms with Crippen molar-refractivity contribution in [2.45, 2.75) is 31.1 Å². The number of benzene rings is 2. The molecule has 28 heavy (non-hydrogen) atoms. The van der Waals surface area contributed by atoms with Gasteiger partial charge in [0.05, 0.1) is 16.6 Å². The monoisotopic (exact) mass is 404 g/mol. The van der Waals surface area contributed by atoms with E-state index >= 15 is 0 Å². The highest BCUT2D eigenvalue weighted by Gasteiger charge is 2.26. The van der Waals surface area contributed by atoms with Gasteiger partial charge in [-0.2, -0.15) is 0 Å². The van der Waals surface area contributed by atoms with Crippen molar-refractivity contribution < 1.29 is 23.2 Å². The Hall–Kier alpha value is -2.71. The van der Waals surface area contributed by atoms with Gasteiger partial charge in [0.2, 0.25) is 11.8 Å². The highest BCUT2D eigenvalue weighted by Crippen LogP contribution is 2.20. The number of hydroxylamine groups is 1. The van der Waals surface area contributed by atoms with E-state index in [0.29, 0.717) is 24.9 Å². The van der Waals surface area contributed by atoms with Crippen LogP contribution in [0.2, 0.25) is 0 Å². The fourth-order valence-corrected chi connectivity index (χ4v) is 4.48. The molecule has 3 N–H and O–H groups in total. The van der Waals surface area contributed by atoms with Crippen LogP contribution in [0.5, 0.6) is 0 Å². The van der Waals surface area contributed by atoms with Gasteiger partial charge in [0, 0.05) is 12.6 Å². The quantitative estimate of drug-likeness (QED) is 0.439. The first-order chi connectivity index (χ1) is 13.3. The Morgan fingerprint density at radius 2 is 1.68 bits per heavy atom. The number of carbonyl (C=O) groups is 2. The summed E-state index contributed by atoms with van der Waals surface area (Å²) >= 11 is 0. The third kappa shape index (κ3) is 6.47. The highest BCUT2D eigenvalue weighted by atomic mass is 32.2. The van der Waals surface area contributed by atoms with E-state index in [-0.39, 0.29) is 10.8 Å². The number of carbonyl (C=O) groups excluding carboxylic acids is 2. The summed E-state index contributed by atoms with van der Waals surface area (Å²) in [5.41, 5.74) is 3.15. The van der Waals surface area contributed by atoms with Crippen molar-refractivity contribution in [1.82, 2.24) is 5.48 Å². The SMILES string of the molecule is CC(=O)Nc1ccc(S(=O)(=O)CC(CCCc2ccccc2)C(=O)NO)cc1. The summed E-state index contributed by atoms with van der Waals surface area (Å²) in [6, 6.07) is 15.4. The molecule has 0 fully saturated rings. The van der Waals surface area contributed by atoms with Crippen LogP contribution < -0.4 is 10.8 Å². The number of hydrogen-bond acceptors (Lipinski definition) is 5. The molecule has 7 nitrogen and oxygen atoms in total. The van der Waals surface area contributed by atoms with Crippen LogP contribution in [0.15, 0.2) is 59.5 Å². The van der Waals surface area contributed by atoms with Crippen molar-refractivity contribution in [3.8, 4) is 0 Å². The lowest BCUT2D eigenvalue weighted by Crippen LogP contribution is -2.33. The largest absolute Gasteiger partial charge is 0.326 e. The van der Waals surface area contributed by atoms with E-state index in [4.69, 9.17) is 5.21 Å². The number of sulfone groups is 1. The molecule has 0 spiro atoms. The number of nitrogens with one attached hydrogen (secondary N) is 2. The van der Waals surface area contributed by atoms with Gasteiger partial charge in [-0.25, -0.2) is 13.9 Å². The second-order valence-electron chi connectivity index (χ2n) is 6.54. The van der Waals surface area contributed by atoms with Crippen LogP contribution in [0.25, 0.3) is 0 Å². The van der Waals surface area contributed by atoms with E-state index < -0.39 is 27.4 Å². The molecule has 0 saturated carbocycles.